The topological polar surface area (TPSA) is 26.0 Å². The van der Waals surface area contributed by atoms with E-state index in [2.05, 4.69) is 150 Å². The van der Waals surface area contributed by atoms with Gasteiger partial charge < -0.3 is 4.42 Å². The summed E-state index contributed by atoms with van der Waals surface area (Å²) in [6, 6.07) is 26.3. The number of para-hydroxylation sites is 1. The SMILES string of the molecule is BC(B)(c1cc(-c2cccc3c2oc2c3ccc3ccc4ccccc4c32)ncc1C(B)(B)S(C)(C)C)C(C)(C)C. The van der Waals surface area contributed by atoms with Gasteiger partial charge in [0.1, 0.15) is 42.6 Å². The summed E-state index contributed by atoms with van der Waals surface area (Å²) in [5.74, 6) is 0. The van der Waals surface area contributed by atoms with Crippen LogP contribution < -0.4 is 0 Å². The quantitative estimate of drug-likeness (QED) is 0.214. The predicted octanol–water partition coefficient (Wildman–Crippen LogP) is 5.49. The molecule has 0 spiro atoms. The van der Waals surface area contributed by atoms with Crippen LogP contribution in [0.15, 0.2) is 83.4 Å². The fraction of sp³-hybridized carbons (Fsp3) is 0.265. The second-order valence-electron chi connectivity index (χ2n) is 14.4. The van der Waals surface area contributed by atoms with Gasteiger partial charge in [-0.15, -0.1) is 0 Å². The van der Waals surface area contributed by atoms with Crippen LogP contribution in [0.25, 0.3) is 54.7 Å². The van der Waals surface area contributed by atoms with Crippen molar-refractivity contribution < 1.29 is 4.42 Å². The van der Waals surface area contributed by atoms with Crippen LogP contribution in [0.5, 0.6) is 0 Å². The van der Waals surface area contributed by atoms with Crippen LogP contribution in [0.2, 0.25) is 0 Å². The minimum absolute atomic E-state index is 0.0156. The van der Waals surface area contributed by atoms with E-state index >= 15 is 0 Å². The second-order valence-corrected chi connectivity index (χ2v) is 19.1. The average molecular weight is 553 g/mol. The van der Waals surface area contributed by atoms with Crippen molar-refractivity contribution in [2.24, 2.45) is 5.41 Å². The van der Waals surface area contributed by atoms with Crippen molar-refractivity contribution in [3.63, 3.8) is 0 Å². The van der Waals surface area contributed by atoms with Crippen LogP contribution in [0.4, 0.5) is 0 Å². The molecule has 6 aromatic rings. The molecule has 0 aliphatic carbocycles. The zero-order valence-electron chi connectivity index (χ0n) is 26.3. The largest absolute Gasteiger partial charge is 0.455 e. The summed E-state index contributed by atoms with van der Waals surface area (Å²) < 4.78 is 6.88. The van der Waals surface area contributed by atoms with Crippen molar-refractivity contribution in [3.05, 3.63) is 90.1 Å². The van der Waals surface area contributed by atoms with Gasteiger partial charge in [-0.05, 0) is 68.6 Å². The smallest absolute Gasteiger partial charge is 0.144 e. The van der Waals surface area contributed by atoms with Crippen molar-refractivity contribution in [2.45, 2.75) is 30.5 Å². The van der Waals surface area contributed by atoms with Crippen molar-refractivity contribution in [1.82, 2.24) is 4.98 Å². The van der Waals surface area contributed by atoms with E-state index in [1.54, 1.807) is 0 Å². The van der Waals surface area contributed by atoms with Crippen LogP contribution in [0, 0.1) is 5.41 Å². The number of aromatic nitrogens is 1. The molecule has 0 amide bonds. The highest BCUT2D eigenvalue weighted by Gasteiger charge is 2.41. The number of hydrogen-bond acceptors (Lipinski definition) is 2. The third-order valence-corrected chi connectivity index (χ3v) is 13.6. The molecule has 0 bridgehead atoms. The number of hydrogen-bond donors (Lipinski definition) is 0. The van der Waals surface area contributed by atoms with Gasteiger partial charge in [0.05, 0.1) is 5.69 Å². The lowest BCUT2D eigenvalue weighted by molar-refractivity contribution is 0.357. The summed E-state index contributed by atoms with van der Waals surface area (Å²) in [4.78, 5) is 5.17. The summed E-state index contributed by atoms with van der Waals surface area (Å²) in [5.41, 5.74) is 6.68. The number of pyridine rings is 1. The Morgan fingerprint density at radius 1 is 0.683 bits per heavy atom. The van der Waals surface area contributed by atoms with Gasteiger partial charge in [-0.1, -0.05) is 86.1 Å². The minimum Gasteiger partial charge on any atom is -0.455 e. The van der Waals surface area contributed by atoms with Crippen molar-refractivity contribution in [1.29, 1.82) is 0 Å². The first kappa shape index (κ1) is 28.1. The fourth-order valence-corrected chi connectivity index (χ4v) is 6.70. The number of fused-ring (bicyclic) bond motifs is 7. The van der Waals surface area contributed by atoms with Gasteiger partial charge in [0.2, 0.25) is 0 Å². The summed E-state index contributed by atoms with van der Waals surface area (Å²) >= 11 is 0. The van der Waals surface area contributed by atoms with E-state index in [4.69, 9.17) is 9.40 Å². The molecule has 0 aliphatic rings. The van der Waals surface area contributed by atoms with Gasteiger partial charge in [0, 0.05) is 27.9 Å². The number of furan rings is 1. The molecule has 0 fully saturated rings. The average Bonchev–Trinajstić information content (AvgIpc) is 3.30. The molecule has 204 valence electrons. The summed E-state index contributed by atoms with van der Waals surface area (Å²) in [6.07, 6.45) is 9.41. The van der Waals surface area contributed by atoms with Crippen molar-refractivity contribution in [2.75, 3.05) is 18.8 Å². The molecule has 0 radical (unpaired) electrons. The molecule has 0 atom stereocenters. The van der Waals surface area contributed by atoms with E-state index in [0.29, 0.717) is 0 Å². The summed E-state index contributed by atoms with van der Waals surface area (Å²) in [6.45, 7) is 7.05. The first-order valence-corrected chi connectivity index (χ1v) is 17.4. The molecule has 4 aromatic carbocycles. The molecule has 2 aromatic heterocycles. The third-order valence-electron chi connectivity index (χ3n) is 10.3. The van der Waals surface area contributed by atoms with E-state index in [1.165, 1.54) is 32.7 Å². The third kappa shape index (κ3) is 4.26. The maximum absolute atomic E-state index is 6.87. The number of nitrogens with zero attached hydrogens (tertiary/aromatic N) is 1. The number of rotatable bonds is 4. The van der Waals surface area contributed by atoms with Crippen LogP contribution >= 0.6 is 10.0 Å². The Kier molecular flexibility index (Phi) is 6.32. The second kappa shape index (κ2) is 9.23. The molecule has 0 unspecified atom stereocenters. The van der Waals surface area contributed by atoms with Crippen LogP contribution in [-0.2, 0) is 9.76 Å². The highest BCUT2D eigenvalue weighted by atomic mass is 32.3. The minimum atomic E-state index is -0.910. The Hall–Kier alpha value is -3.04. The molecule has 6 rings (SSSR count). The zero-order valence-corrected chi connectivity index (χ0v) is 27.1. The molecule has 0 N–H and O–H groups in total. The molecule has 2 nitrogen and oxygen atoms in total. The Bertz CT molecular complexity index is 1980. The van der Waals surface area contributed by atoms with Crippen LogP contribution in [0.3, 0.4) is 0 Å². The first-order chi connectivity index (χ1) is 19.1. The molecule has 41 heavy (non-hydrogen) atoms. The van der Waals surface area contributed by atoms with Crippen molar-refractivity contribution in [3.8, 4) is 11.3 Å². The van der Waals surface area contributed by atoms with E-state index in [1.807, 2.05) is 0 Å². The number of benzene rings is 4. The summed E-state index contributed by atoms with van der Waals surface area (Å²) in [5, 5.41) is 7.03. The van der Waals surface area contributed by atoms with E-state index in [9.17, 15) is 0 Å². The van der Waals surface area contributed by atoms with Crippen LogP contribution in [0.1, 0.15) is 31.9 Å². The Morgan fingerprint density at radius 3 is 2.02 bits per heavy atom. The molecule has 0 saturated heterocycles. The molecule has 2 heterocycles. The fourth-order valence-electron chi connectivity index (χ4n) is 5.88. The molecular formula is C34H39B4NOS. The van der Waals surface area contributed by atoms with Gasteiger partial charge in [0.15, 0.2) is 0 Å². The Labute approximate surface area is 249 Å². The Balaban J connectivity index is 1.66. The van der Waals surface area contributed by atoms with E-state index < -0.39 is 10.0 Å². The van der Waals surface area contributed by atoms with E-state index in [-0.39, 0.29) is 15.2 Å². The molecule has 0 aliphatic heterocycles. The monoisotopic (exact) mass is 553 g/mol. The molecular weight excluding hydrogens is 514 g/mol. The van der Waals surface area contributed by atoms with Crippen LogP contribution in [-0.4, -0.2) is 55.1 Å². The standard InChI is InChI=1S/C34H39B4NOS/c1-32(2,3)33(35,36)26-18-28(39-19-27(26)34(37,38)41(4,5)6)25-13-9-12-23-24-17-16-21-15-14-20-10-7-8-11-22(20)29(21)31(24)40-30(23)25/h7-19H,35-38H2,1-6H3. The van der Waals surface area contributed by atoms with Gasteiger partial charge in [-0.2, -0.15) is 0 Å². The maximum atomic E-state index is 6.87. The highest BCUT2D eigenvalue weighted by Crippen LogP contribution is 2.55. The van der Waals surface area contributed by atoms with Gasteiger partial charge in [0.25, 0.3) is 0 Å². The lowest BCUT2D eigenvalue weighted by Gasteiger charge is -2.49. The van der Waals surface area contributed by atoms with Crippen molar-refractivity contribution >= 4 is 84.9 Å². The van der Waals surface area contributed by atoms with Gasteiger partial charge >= 0.3 is 0 Å². The lowest BCUT2D eigenvalue weighted by Crippen LogP contribution is -2.45. The zero-order chi connectivity index (χ0) is 29.5. The predicted molar refractivity (Wildman–Crippen MR) is 194 cm³/mol. The van der Waals surface area contributed by atoms with Gasteiger partial charge in [-0.25, -0.2) is 0 Å². The van der Waals surface area contributed by atoms with E-state index in [0.717, 1.165) is 33.2 Å². The molecule has 7 heteroatoms. The maximum Gasteiger partial charge on any atom is 0.144 e. The highest BCUT2D eigenvalue weighted by molar-refractivity contribution is 8.34. The first-order valence-electron chi connectivity index (χ1n) is 14.6. The lowest BCUT2D eigenvalue weighted by atomic mass is 9.39. The Morgan fingerprint density at radius 2 is 1.32 bits per heavy atom. The van der Waals surface area contributed by atoms with Gasteiger partial charge in [-0.3, -0.25) is 15.0 Å². The normalized spacial score (nSPS) is 13.9. The summed E-state index contributed by atoms with van der Waals surface area (Å²) in [7, 11) is 8.67. The molecule has 0 saturated carbocycles.